The van der Waals surface area contributed by atoms with E-state index >= 15 is 0 Å². The van der Waals surface area contributed by atoms with E-state index in [9.17, 15) is 19.5 Å². The number of hydrogen-bond acceptors (Lipinski definition) is 9. The SMILES string of the molecule is [B][P+]1(OCOC(C)=O)OC[C@H](C)O[C@@H](n2ccc(=O)[nH]c2=O)[C@@H](O)CO1. The van der Waals surface area contributed by atoms with Gasteiger partial charge in [-0.2, -0.15) is 13.6 Å². The van der Waals surface area contributed by atoms with Crippen LogP contribution in [0.2, 0.25) is 0 Å². The third-order valence-corrected chi connectivity index (χ3v) is 4.72. The number of carbonyl (C=O) groups excluding carboxylic acids is 1. The molecule has 1 unspecified atom stereocenters. The first kappa shape index (κ1) is 20.8. The van der Waals surface area contributed by atoms with Gasteiger partial charge in [0.1, 0.15) is 19.3 Å². The lowest BCUT2D eigenvalue weighted by atomic mass is 10.3. The highest BCUT2D eigenvalue weighted by Crippen LogP contribution is 2.58. The van der Waals surface area contributed by atoms with Crippen LogP contribution in [0.5, 0.6) is 0 Å². The Bertz CT molecular complexity index is 741. The molecule has 26 heavy (non-hydrogen) atoms. The van der Waals surface area contributed by atoms with Crippen molar-refractivity contribution in [2.24, 2.45) is 0 Å². The van der Waals surface area contributed by atoms with E-state index in [4.69, 9.17) is 25.9 Å². The number of nitrogens with one attached hydrogen (secondary N) is 1. The molecule has 2 rings (SSSR count). The molecular formula is C13H19BN2O9P+. The number of ether oxygens (including phenoxy) is 2. The zero-order valence-corrected chi connectivity index (χ0v) is 15.1. The minimum absolute atomic E-state index is 0.0777. The van der Waals surface area contributed by atoms with E-state index in [2.05, 4.69) is 9.72 Å². The topological polar surface area (TPSA) is 138 Å². The van der Waals surface area contributed by atoms with E-state index in [1.165, 1.54) is 13.1 Å². The summed E-state index contributed by atoms with van der Waals surface area (Å²) in [5.41, 5.74) is -1.34. The van der Waals surface area contributed by atoms with E-state index in [1.54, 1.807) is 6.92 Å². The summed E-state index contributed by atoms with van der Waals surface area (Å²) in [6.07, 6.45) is -1.90. The Labute approximate surface area is 150 Å². The van der Waals surface area contributed by atoms with Crippen LogP contribution < -0.4 is 11.2 Å². The van der Waals surface area contributed by atoms with Crippen molar-refractivity contribution in [3.8, 4) is 0 Å². The number of carbonyl (C=O) groups is 1. The van der Waals surface area contributed by atoms with Crippen LogP contribution in [-0.4, -0.2) is 60.4 Å². The summed E-state index contributed by atoms with van der Waals surface area (Å²) in [7, 11) is 2.52. The van der Waals surface area contributed by atoms with Gasteiger partial charge in [0, 0.05) is 19.2 Å². The third-order valence-electron chi connectivity index (χ3n) is 3.24. The first-order chi connectivity index (χ1) is 12.2. The molecule has 1 aromatic rings. The molecule has 4 atom stereocenters. The summed E-state index contributed by atoms with van der Waals surface area (Å²) in [4.78, 5) is 36.0. The van der Waals surface area contributed by atoms with E-state index in [-0.39, 0.29) is 6.61 Å². The lowest BCUT2D eigenvalue weighted by Gasteiger charge is -2.25. The van der Waals surface area contributed by atoms with Crippen LogP contribution in [0.3, 0.4) is 0 Å². The van der Waals surface area contributed by atoms with Crippen molar-refractivity contribution in [1.29, 1.82) is 0 Å². The molecule has 2 radical (unpaired) electrons. The van der Waals surface area contributed by atoms with Crippen LogP contribution in [0.25, 0.3) is 0 Å². The van der Waals surface area contributed by atoms with E-state index in [1.807, 2.05) is 0 Å². The van der Waals surface area contributed by atoms with Gasteiger partial charge in [0.05, 0.1) is 6.10 Å². The van der Waals surface area contributed by atoms with E-state index in [0.29, 0.717) is 0 Å². The molecule has 2 N–H and O–H groups in total. The molecule has 0 aromatic carbocycles. The molecule has 0 aliphatic carbocycles. The van der Waals surface area contributed by atoms with Gasteiger partial charge in [-0.3, -0.25) is 19.1 Å². The number of nitrogens with zero attached hydrogens (tertiary/aromatic N) is 1. The molecule has 11 nitrogen and oxygen atoms in total. The quantitative estimate of drug-likeness (QED) is 0.294. The van der Waals surface area contributed by atoms with Gasteiger partial charge >= 0.3 is 27.0 Å². The highest BCUT2D eigenvalue weighted by Gasteiger charge is 2.43. The van der Waals surface area contributed by atoms with Crippen LogP contribution in [0.4, 0.5) is 0 Å². The highest BCUT2D eigenvalue weighted by atomic mass is 31.2. The maximum absolute atomic E-state index is 12.0. The fourth-order valence-electron chi connectivity index (χ4n) is 2.01. The first-order valence-electron chi connectivity index (χ1n) is 7.60. The summed E-state index contributed by atoms with van der Waals surface area (Å²) < 4.78 is 27.2. The fourth-order valence-corrected chi connectivity index (χ4v) is 3.21. The summed E-state index contributed by atoms with van der Waals surface area (Å²) >= 11 is 0. The van der Waals surface area contributed by atoms with Crippen LogP contribution in [-0.2, 0) is 27.8 Å². The maximum Gasteiger partial charge on any atom is 0.488 e. The lowest BCUT2D eigenvalue weighted by molar-refractivity contribution is -0.148. The molecule has 1 aliphatic heterocycles. The Morgan fingerprint density at radius 3 is 2.81 bits per heavy atom. The zero-order chi connectivity index (χ0) is 19.3. The number of H-pyrrole nitrogens is 1. The number of aliphatic hydroxyl groups is 1. The van der Waals surface area contributed by atoms with Gasteiger partial charge in [0.15, 0.2) is 6.23 Å². The summed E-state index contributed by atoms with van der Waals surface area (Å²) in [5, 5.41) is 10.4. The van der Waals surface area contributed by atoms with Crippen LogP contribution >= 0.6 is 7.82 Å². The monoisotopic (exact) mass is 389 g/mol. The Balaban J connectivity index is 2.16. The summed E-state index contributed by atoms with van der Waals surface area (Å²) in [5.74, 6) is -0.574. The molecular weight excluding hydrogens is 370 g/mol. The smallest absolute Gasteiger partial charge is 0.434 e. The maximum atomic E-state index is 12.0. The molecule has 1 saturated heterocycles. The predicted octanol–water partition coefficient (Wildman–Crippen LogP) is -0.769. The van der Waals surface area contributed by atoms with Crippen LogP contribution in [0.15, 0.2) is 21.9 Å². The number of esters is 1. The molecule has 13 heteroatoms. The molecule has 0 saturated carbocycles. The largest absolute Gasteiger partial charge is 0.488 e. The fraction of sp³-hybridized carbons (Fsp3) is 0.615. The molecule has 0 amide bonds. The average Bonchev–Trinajstić information content (AvgIpc) is 2.60. The third kappa shape index (κ3) is 5.73. The number of aromatic nitrogens is 2. The molecule has 142 valence electrons. The molecule has 1 aromatic heterocycles. The normalized spacial score (nSPS) is 30.0. The molecule has 0 bridgehead atoms. The number of hydrogen-bond donors (Lipinski definition) is 2. The van der Waals surface area contributed by atoms with Crippen molar-refractivity contribution in [2.75, 3.05) is 20.0 Å². The number of rotatable bonds is 4. The van der Waals surface area contributed by atoms with Gasteiger partial charge in [-0.15, -0.1) is 0 Å². The van der Waals surface area contributed by atoms with Crippen molar-refractivity contribution in [3.05, 3.63) is 33.1 Å². The second-order valence-electron chi connectivity index (χ2n) is 5.44. The van der Waals surface area contributed by atoms with Gasteiger partial charge in [0.2, 0.25) is 6.79 Å². The van der Waals surface area contributed by atoms with Crippen LogP contribution in [0, 0.1) is 0 Å². The Hall–Kier alpha value is -1.56. The first-order valence-corrected chi connectivity index (χ1v) is 9.21. The van der Waals surface area contributed by atoms with E-state index in [0.717, 1.165) is 10.6 Å². The minimum atomic E-state index is -3.39. The summed E-state index contributed by atoms with van der Waals surface area (Å²) in [6.45, 7) is 1.87. The minimum Gasteiger partial charge on any atom is -0.434 e. The summed E-state index contributed by atoms with van der Waals surface area (Å²) in [6, 6.07) is 1.12. The van der Waals surface area contributed by atoms with Crippen molar-refractivity contribution in [3.63, 3.8) is 0 Å². The van der Waals surface area contributed by atoms with Gasteiger partial charge in [0.25, 0.3) is 5.56 Å². The standard InChI is InChI=1S/C13H19BN2O9P/c1-8-5-22-26(14,24-7-21-9(2)17)23-6-10(18)12(25-8)16-4-3-11(19)15-13(16)20/h3-4,8,10,12,18H,5-7H2,1-2H3,(H,15,19,20)/q+1/t8-,10-,12+,26?/m0/s1. The van der Waals surface area contributed by atoms with Crippen molar-refractivity contribution in [1.82, 2.24) is 9.55 Å². The van der Waals surface area contributed by atoms with Crippen molar-refractivity contribution in [2.45, 2.75) is 32.3 Å². The molecule has 1 aliphatic rings. The second kappa shape index (κ2) is 8.89. The Morgan fingerprint density at radius 1 is 1.46 bits per heavy atom. The van der Waals surface area contributed by atoms with Gasteiger partial charge < -0.3 is 14.6 Å². The van der Waals surface area contributed by atoms with Crippen molar-refractivity contribution < 1.29 is 32.9 Å². The lowest BCUT2D eigenvalue weighted by Crippen LogP contribution is -2.40. The van der Waals surface area contributed by atoms with Crippen molar-refractivity contribution >= 4 is 21.4 Å². The van der Waals surface area contributed by atoms with Gasteiger partial charge in [-0.05, 0) is 6.92 Å². The second-order valence-corrected chi connectivity index (χ2v) is 7.29. The van der Waals surface area contributed by atoms with E-state index < -0.39 is 56.9 Å². The predicted molar refractivity (Wildman–Crippen MR) is 89.2 cm³/mol. The Kier molecular flexibility index (Phi) is 7.10. The van der Waals surface area contributed by atoms with Gasteiger partial charge in [-0.1, -0.05) is 0 Å². The molecule has 2 heterocycles. The Morgan fingerprint density at radius 2 is 2.15 bits per heavy atom. The zero-order valence-electron chi connectivity index (χ0n) is 14.2. The van der Waals surface area contributed by atoms with Gasteiger partial charge in [-0.25, -0.2) is 4.79 Å². The van der Waals surface area contributed by atoms with Crippen LogP contribution in [0.1, 0.15) is 20.1 Å². The molecule has 1 fully saturated rings. The average molecular weight is 389 g/mol. The molecule has 0 spiro atoms. The highest BCUT2D eigenvalue weighted by molar-refractivity contribution is 7.85. The number of aliphatic hydroxyl groups excluding tert-OH is 1. The number of aromatic amines is 1.